The Bertz CT molecular complexity index is 411. The van der Waals surface area contributed by atoms with Crippen LogP contribution in [-0.4, -0.2) is 23.6 Å². The molecule has 4 N–H and O–H groups in total. The molecule has 1 aromatic carbocycles. The summed E-state index contributed by atoms with van der Waals surface area (Å²) in [6.07, 6.45) is 6.06. The molecule has 19 heavy (non-hydrogen) atoms. The van der Waals surface area contributed by atoms with Gasteiger partial charge < -0.3 is 16.2 Å². The molecule has 1 amide bonds. The van der Waals surface area contributed by atoms with Gasteiger partial charge in [-0.3, -0.25) is 4.79 Å². The van der Waals surface area contributed by atoms with E-state index in [0.717, 1.165) is 12.8 Å². The molecular weight excluding hydrogens is 240 g/mol. The largest absolute Gasteiger partial charge is 0.508 e. The van der Waals surface area contributed by atoms with Gasteiger partial charge in [0.05, 0.1) is 0 Å². The highest BCUT2D eigenvalue weighted by molar-refractivity contribution is 5.94. The summed E-state index contributed by atoms with van der Waals surface area (Å²) in [5.41, 5.74) is 6.36. The number of aromatic hydroxyl groups is 1. The van der Waals surface area contributed by atoms with E-state index in [1.807, 2.05) is 0 Å². The minimum atomic E-state index is -0.110. The van der Waals surface area contributed by atoms with Gasteiger partial charge in [0.2, 0.25) is 0 Å². The van der Waals surface area contributed by atoms with Crippen LogP contribution in [0.3, 0.4) is 0 Å². The first-order chi connectivity index (χ1) is 9.20. The number of carbonyl (C=O) groups is 1. The molecule has 1 aromatic rings. The van der Waals surface area contributed by atoms with Gasteiger partial charge in [0, 0.05) is 18.2 Å². The molecule has 1 unspecified atom stereocenters. The summed E-state index contributed by atoms with van der Waals surface area (Å²) in [6, 6.07) is 6.35. The van der Waals surface area contributed by atoms with Crippen LogP contribution in [0.4, 0.5) is 0 Å². The molecular formula is C15H22N2O2. The van der Waals surface area contributed by atoms with Crippen molar-refractivity contribution in [2.45, 2.75) is 38.1 Å². The van der Waals surface area contributed by atoms with Crippen molar-refractivity contribution in [3.05, 3.63) is 29.8 Å². The number of phenols is 1. The molecule has 2 rings (SSSR count). The van der Waals surface area contributed by atoms with Gasteiger partial charge in [-0.15, -0.1) is 0 Å². The standard InChI is InChI=1S/C15H22N2O2/c16-10-14(11-4-2-1-3-5-11)17-15(19)12-6-8-13(18)9-7-12/h6-9,11,14,18H,1-5,10,16H2,(H,17,19). The molecule has 1 saturated carbocycles. The van der Waals surface area contributed by atoms with E-state index in [-0.39, 0.29) is 17.7 Å². The Morgan fingerprint density at radius 2 is 1.89 bits per heavy atom. The molecule has 0 heterocycles. The monoisotopic (exact) mass is 262 g/mol. The van der Waals surface area contributed by atoms with Crippen LogP contribution in [0.1, 0.15) is 42.5 Å². The van der Waals surface area contributed by atoms with Crippen molar-refractivity contribution in [2.24, 2.45) is 11.7 Å². The van der Waals surface area contributed by atoms with Gasteiger partial charge in [0.15, 0.2) is 0 Å². The Morgan fingerprint density at radius 1 is 1.26 bits per heavy atom. The third-order valence-electron chi connectivity index (χ3n) is 3.92. The summed E-state index contributed by atoms with van der Waals surface area (Å²) >= 11 is 0. The van der Waals surface area contributed by atoms with Crippen molar-refractivity contribution >= 4 is 5.91 Å². The Kier molecular flexibility index (Phi) is 4.80. The lowest BCUT2D eigenvalue weighted by Crippen LogP contribution is -2.45. The number of carbonyl (C=O) groups excluding carboxylic acids is 1. The first-order valence-electron chi connectivity index (χ1n) is 7.00. The lowest BCUT2D eigenvalue weighted by molar-refractivity contribution is 0.0915. The van der Waals surface area contributed by atoms with Crippen molar-refractivity contribution in [2.75, 3.05) is 6.54 Å². The zero-order chi connectivity index (χ0) is 13.7. The SMILES string of the molecule is NCC(NC(=O)c1ccc(O)cc1)C1CCCCC1. The second kappa shape index (κ2) is 6.57. The summed E-state index contributed by atoms with van der Waals surface area (Å²) < 4.78 is 0. The molecule has 1 atom stereocenters. The zero-order valence-corrected chi connectivity index (χ0v) is 11.1. The van der Waals surface area contributed by atoms with Crippen molar-refractivity contribution in [3.8, 4) is 5.75 Å². The summed E-state index contributed by atoms with van der Waals surface area (Å²) in [5, 5.41) is 12.2. The summed E-state index contributed by atoms with van der Waals surface area (Å²) in [6.45, 7) is 0.481. The maximum absolute atomic E-state index is 12.1. The number of nitrogens with one attached hydrogen (secondary N) is 1. The molecule has 1 aliphatic rings. The number of benzene rings is 1. The number of amides is 1. The van der Waals surface area contributed by atoms with Gasteiger partial charge in [0.1, 0.15) is 5.75 Å². The molecule has 104 valence electrons. The van der Waals surface area contributed by atoms with E-state index in [0.29, 0.717) is 18.0 Å². The second-order valence-corrected chi connectivity index (χ2v) is 5.26. The topological polar surface area (TPSA) is 75.3 Å². The Labute approximate surface area is 114 Å². The maximum Gasteiger partial charge on any atom is 0.251 e. The smallest absolute Gasteiger partial charge is 0.251 e. The van der Waals surface area contributed by atoms with Crippen LogP contribution in [0.25, 0.3) is 0 Å². The fraction of sp³-hybridized carbons (Fsp3) is 0.533. The number of hydrogen-bond acceptors (Lipinski definition) is 3. The maximum atomic E-state index is 12.1. The normalized spacial score (nSPS) is 17.9. The lowest BCUT2D eigenvalue weighted by atomic mass is 9.84. The van der Waals surface area contributed by atoms with Crippen molar-refractivity contribution in [1.29, 1.82) is 0 Å². The Balaban J connectivity index is 1.97. The molecule has 0 radical (unpaired) electrons. The van der Waals surface area contributed by atoms with Gasteiger partial charge >= 0.3 is 0 Å². The number of phenolic OH excluding ortho intramolecular Hbond substituents is 1. The van der Waals surface area contributed by atoms with Crippen molar-refractivity contribution in [3.63, 3.8) is 0 Å². The van der Waals surface area contributed by atoms with Crippen LogP contribution in [0.2, 0.25) is 0 Å². The van der Waals surface area contributed by atoms with E-state index < -0.39 is 0 Å². The molecule has 0 aromatic heterocycles. The average Bonchev–Trinajstić information content (AvgIpc) is 2.46. The third-order valence-corrected chi connectivity index (χ3v) is 3.92. The second-order valence-electron chi connectivity index (χ2n) is 5.26. The van der Waals surface area contributed by atoms with Crippen LogP contribution in [0.5, 0.6) is 5.75 Å². The van der Waals surface area contributed by atoms with Gasteiger partial charge in [-0.1, -0.05) is 19.3 Å². The van der Waals surface area contributed by atoms with E-state index in [9.17, 15) is 9.90 Å². The van der Waals surface area contributed by atoms with Crippen LogP contribution in [0, 0.1) is 5.92 Å². The molecule has 4 heteroatoms. The summed E-state index contributed by atoms with van der Waals surface area (Å²) in [5.74, 6) is 0.556. The Morgan fingerprint density at radius 3 is 2.47 bits per heavy atom. The highest BCUT2D eigenvalue weighted by atomic mass is 16.3. The van der Waals surface area contributed by atoms with Crippen LogP contribution in [0.15, 0.2) is 24.3 Å². The first-order valence-corrected chi connectivity index (χ1v) is 7.00. The fourth-order valence-electron chi connectivity index (χ4n) is 2.77. The predicted molar refractivity (Wildman–Crippen MR) is 75.0 cm³/mol. The van der Waals surface area contributed by atoms with Crippen LogP contribution in [-0.2, 0) is 0 Å². The van der Waals surface area contributed by atoms with Gasteiger partial charge in [-0.2, -0.15) is 0 Å². The van der Waals surface area contributed by atoms with Crippen LogP contribution < -0.4 is 11.1 Å². The average molecular weight is 262 g/mol. The van der Waals surface area contributed by atoms with E-state index in [1.54, 1.807) is 12.1 Å². The van der Waals surface area contributed by atoms with E-state index in [4.69, 9.17) is 5.73 Å². The number of hydrogen-bond donors (Lipinski definition) is 3. The van der Waals surface area contributed by atoms with Gasteiger partial charge in [-0.05, 0) is 43.0 Å². The summed E-state index contributed by atoms with van der Waals surface area (Å²) in [4.78, 5) is 12.1. The molecule has 0 saturated heterocycles. The predicted octanol–water partition coefficient (Wildman–Crippen LogP) is 2.03. The van der Waals surface area contributed by atoms with Gasteiger partial charge in [-0.25, -0.2) is 0 Å². The van der Waals surface area contributed by atoms with Crippen LogP contribution >= 0.6 is 0 Å². The minimum Gasteiger partial charge on any atom is -0.508 e. The zero-order valence-electron chi connectivity index (χ0n) is 11.1. The molecule has 1 aliphatic carbocycles. The highest BCUT2D eigenvalue weighted by Gasteiger charge is 2.24. The van der Waals surface area contributed by atoms with E-state index >= 15 is 0 Å². The molecule has 0 aliphatic heterocycles. The first kappa shape index (κ1) is 13.9. The number of nitrogens with two attached hydrogens (primary N) is 1. The van der Waals surface area contributed by atoms with Crippen molar-refractivity contribution < 1.29 is 9.90 Å². The molecule has 0 spiro atoms. The fourth-order valence-corrected chi connectivity index (χ4v) is 2.77. The summed E-state index contributed by atoms with van der Waals surface area (Å²) in [7, 11) is 0. The number of rotatable bonds is 4. The van der Waals surface area contributed by atoms with Crippen molar-refractivity contribution in [1.82, 2.24) is 5.32 Å². The lowest BCUT2D eigenvalue weighted by Gasteiger charge is -2.30. The minimum absolute atomic E-state index is 0.0570. The van der Waals surface area contributed by atoms with E-state index in [1.165, 1.54) is 31.4 Å². The van der Waals surface area contributed by atoms with Gasteiger partial charge in [0.25, 0.3) is 5.91 Å². The molecule has 4 nitrogen and oxygen atoms in total. The highest BCUT2D eigenvalue weighted by Crippen LogP contribution is 2.26. The molecule has 1 fully saturated rings. The quantitative estimate of drug-likeness (QED) is 0.777. The molecule has 0 bridgehead atoms. The Hall–Kier alpha value is -1.55. The third kappa shape index (κ3) is 3.70. The van der Waals surface area contributed by atoms with E-state index in [2.05, 4.69) is 5.32 Å².